The van der Waals surface area contributed by atoms with Crippen LogP contribution in [0, 0.1) is 0 Å². The number of hydrogen-bond acceptors (Lipinski definition) is 18. The van der Waals surface area contributed by atoms with E-state index in [1.165, 1.54) is 21.6 Å². The molecule has 0 aliphatic rings. The van der Waals surface area contributed by atoms with Crippen LogP contribution in [0.5, 0.6) is 0 Å². The number of nitrogens with two attached hydrogens (primary N) is 3. The Morgan fingerprint density at radius 3 is 1.57 bits per heavy atom. The fourth-order valence-corrected chi connectivity index (χ4v) is 6.93. The number of hydrogen-bond donors (Lipinski definition) is 17. The summed E-state index contributed by atoms with van der Waals surface area (Å²) in [6.07, 6.45) is -17.0. The van der Waals surface area contributed by atoms with Crippen molar-refractivity contribution in [3.05, 3.63) is 0 Å². The number of amides is 5. The second-order valence-electron chi connectivity index (χ2n) is 13.7. The van der Waals surface area contributed by atoms with Gasteiger partial charge in [-0.25, -0.2) is 0 Å². The summed E-state index contributed by atoms with van der Waals surface area (Å²) in [5, 5.41) is 107. The Labute approximate surface area is 331 Å². The first-order chi connectivity index (χ1) is 26.0. The summed E-state index contributed by atoms with van der Waals surface area (Å²) in [5.41, 5.74) is 16.1. The molecular weight excluding hydrogens is 789 g/mol. The van der Waals surface area contributed by atoms with E-state index in [1.807, 2.05) is 20.8 Å². The lowest BCUT2D eigenvalue weighted by molar-refractivity contribution is -0.150. The second-order valence-corrected chi connectivity index (χ2v) is 16.8. The molecule has 23 nitrogen and oxygen atoms in total. The Morgan fingerprint density at radius 2 is 1.09 bits per heavy atom. The molecule has 0 aromatic rings. The highest BCUT2D eigenvalue weighted by molar-refractivity contribution is 8.77. The molecule has 0 rings (SSSR count). The molecule has 0 aromatic heterocycles. The van der Waals surface area contributed by atoms with Gasteiger partial charge in [0.15, 0.2) is 18.2 Å². The number of carbonyl (C=O) groups excluding carboxylic acids is 5. The smallest absolute Gasteiger partial charge is 0.252 e. The Hall–Kier alpha value is -3.08. The number of unbranched alkanes of at least 4 members (excludes halogenated alkanes) is 1. The van der Waals surface area contributed by atoms with Gasteiger partial charge in [-0.15, -0.1) is 0 Å². The lowest BCUT2D eigenvalue weighted by Crippen LogP contribution is -2.59. The van der Waals surface area contributed by atoms with Gasteiger partial charge in [-0.05, 0) is 32.1 Å². The van der Waals surface area contributed by atoms with Gasteiger partial charge in [-0.3, -0.25) is 29.0 Å². The molecule has 0 fully saturated rings. The van der Waals surface area contributed by atoms with E-state index in [1.54, 1.807) is 0 Å². The van der Waals surface area contributed by atoms with E-state index >= 15 is 0 Å². The lowest BCUT2D eigenvalue weighted by Gasteiger charge is -2.28. The predicted molar refractivity (Wildman–Crippen MR) is 204 cm³/mol. The maximum atomic E-state index is 13.7. The van der Waals surface area contributed by atoms with Crippen LogP contribution in [0.4, 0.5) is 0 Å². The minimum absolute atomic E-state index is 0.0126. The van der Waals surface area contributed by atoms with Crippen LogP contribution in [0.25, 0.3) is 0 Å². The molecular formula is C31H60N8O15S2. The van der Waals surface area contributed by atoms with Crippen LogP contribution < -0.4 is 38.5 Å². The number of aliphatic imine (C=N–C) groups is 1. The largest absolute Gasteiger partial charge is 0.394 e. The minimum Gasteiger partial charge on any atom is -0.394 e. The zero-order valence-electron chi connectivity index (χ0n) is 31.4. The minimum atomic E-state index is -2.43. The van der Waals surface area contributed by atoms with Crippen LogP contribution in [-0.4, -0.2) is 190 Å². The van der Waals surface area contributed by atoms with E-state index in [-0.39, 0.29) is 61.7 Å². The summed E-state index contributed by atoms with van der Waals surface area (Å²) < 4.78 is -0.289. The van der Waals surface area contributed by atoms with E-state index in [0.29, 0.717) is 0 Å². The monoisotopic (exact) mass is 848 g/mol. The maximum Gasteiger partial charge on any atom is 0.252 e. The molecule has 5 amide bonds. The van der Waals surface area contributed by atoms with Gasteiger partial charge in [0.1, 0.15) is 54.7 Å². The van der Waals surface area contributed by atoms with Gasteiger partial charge in [-0.1, -0.05) is 42.4 Å². The zero-order valence-corrected chi connectivity index (χ0v) is 33.1. The van der Waals surface area contributed by atoms with Crippen molar-refractivity contribution < 1.29 is 75.0 Å². The SMILES string of the molecule is CC(C)(C)SSC[C@H](NC(=O)[C@H](CCCCNC(=O)[C@H](O)[C@@H](O)[C@@H](O)[C@H](O)CO)NC(=O)[C@H](O)[C@@H](O)[C@@H](O)[C@H](O)CO)C(=O)N[C@@H](CCCN=C(N)N)C(N)=O. The Bertz CT molecular complexity index is 1260. The summed E-state index contributed by atoms with van der Waals surface area (Å²) in [7, 11) is 2.57. The maximum absolute atomic E-state index is 13.7. The Morgan fingerprint density at radius 1 is 0.625 bits per heavy atom. The van der Waals surface area contributed by atoms with Gasteiger partial charge in [-0.2, -0.15) is 0 Å². The predicted octanol–water partition coefficient (Wildman–Crippen LogP) is -7.68. The van der Waals surface area contributed by atoms with E-state index < -0.39 is 110 Å². The number of carbonyl (C=O) groups is 5. The highest BCUT2D eigenvalue weighted by Crippen LogP contribution is 2.35. The molecule has 0 saturated carbocycles. The van der Waals surface area contributed by atoms with Crippen molar-refractivity contribution in [2.45, 2.75) is 125 Å². The molecule has 0 bridgehead atoms. The van der Waals surface area contributed by atoms with E-state index in [2.05, 4.69) is 26.3 Å². The molecule has 0 radical (unpaired) electrons. The first-order valence-electron chi connectivity index (χ1n) is 17.5. The van der Waals surface area contributed by atoms with E-state index in [9.17, 15) is 64.8 Å². The number of nitrogens with one attached hydrogen (secondary N) is 4. The third kappa shape index (κ3) is 20.4. The van der Waals surface area contributed by atoms with Crippen molar-refractivity contribution in [1.82, 2.24) is 21.3 Å². The van der Waals surface area contributed by atoms with Crippen LogP contribution in [-0.2, 0) is 24.0 Å². The molecule has 20 N–H and O–H groups in total. The third-order valence-corrected chi connectivity index (χ3v) is 11.0. The fourth-order valence-electron chi connectivity index (χ4n) is 4.47. The molecule has 56 heavy (non-hydrogen) atoms. The molecule has 0 aromatic carbocycles. The van der Waals surface area contributed by atoms with Crippen LogP contribution in [0.15, 0.2) is 4.99 Å². The average molecular weight is 849 g/mol. The van der Waals surface area contributed by atoms with Crippen molar-refractivity contribution in [3.8, 4) is 0 Å². The van der Waals surface area contributed by atoms with Gasteiger partial charge in [0.2, 0.25) is 17.7 Å². The summed E-state index contributed by atoms with van der Waals surface area (Å²) in [4.78, 5) is 68.4. The fraction of sp³-hybridized carbons (Fsp3) is 0.806. The quantitative estimate of drug-likeness (QED) is 0.0150. The number of primary amides is 1. The summed E-state index contributed by atoms with van der Waals surface area (Å²) in [6, 6.07) is -4.10. The number of aliphatic hydroxyl groups excluding tert-OH is 10. The normalized spacial score (nSPS) is 17.7. The van der Waals surface area contributed by atoms with Gasteiger partial charge in [0.25, 0.3) is 11.8 Å². The molecule has 0 aliphatic heterocycles. The number of aliphatic hydroxyl groups is 10. The average Bonchev–Trinajstić information content (AvgIpc) is 3.14. The van der Waals surface area contributed by atoms with Gasteiger partial charge in [0.05, 0.1) is 13.2 Å². The summed E-state index contributed by atoms with van der Waals surface area (Å²) in [6.45, 7) is 3.64. The molecule has 11 atom stereocenters. The van der Waals surface area contributed by atoms with Crippen molar-refractivity contribution >= 4 is 57.1 Å². The first kappa shape index (κ1) is 52.9. The lowest BCUT2D eigenvalue weighted by atomic mass is 10.0. The molecule has 0 saturated heterocycles. The van der Waals surface area contributed by atoms with Gasteiger partial charge < -0.3 is 89.5 Å². The van der Waals surface area contributed by atoms with Crippen molar-refractivity contribution in [1.29, 1.82) is 0 Å². The Kier molecular flexibility index (Phi) is 25.3. The molecule has 0 spiro atoms. The summed E-state index contributed by atoms with van der Waals surface area (Å²) in [5.74, 6) is -5.49. The Balaban J connectivity index is 6.11. The number of guanidine groups is 1. The van der Waals surface area contributed by atoms with Crippen molar-refractivity contribution in [3.63, 3.8) is 0 Å². The molecule has 326 valence electrons. The van der Waals surface area contributed by atoms with Crippen LogP contribution in [0.2, 0.25) is 0 Å². The van der Waals surface area contributed by atoms with Gasteiger partial charge >= 0.3 is 0 Å². The standard InChI is InChI=1S/C31H60N8O15S2/c1-31(2,3)56-55-13-16(27(52)37-14(25(32)50)8-6-10-36-30(33)34)39-26(51)15(38-29(54)24(49)22(47)20(45)18(43)12-41)7-4-5-9-35-28(53)23(48)21(46)19(44)17(42)11-40/h14-24,40-49H,4-13H2,1-3H3,(H2,32,50)(H,35,53)(H,37,52)(H,38,54)(H,39,51)(H4,33,34,36)/t14-,15-,16-,17+,18+,19-,20-,21-,22-,23+,24+/m0/s1. The highest BCUT2D eigenvalue weighted by atomic mass is 33.1. The number of nitrogens with zero attached hydrogens (tertiary/aromatic N) is 1. The topological polar surface area (TPSA) is 426 Å². The van der Waals surface area contributed by atoms with E-state index in [0.717, 1.165) is 0 Å². The van der Waals surface area contributed by atoms with E-state index in [4.69, 9.17) is 27.4 Å². The second kappa shape index (κ2) is 26.8. The van der Waals surface area contributed by atoms with Crippen LogP contribution in [0.3, 0.4) is 0 Å². The first-order valence-corrected chi connectivity index (χ1v) is 19.8. The molecule has 0 heterocycles. The summed E-state index contributed by atoms with van der Waals surface area (Å²) >= 11 is 0. The van der Waals surface area contributed by atoms with Gasteiger partial charge in [0, 0.05) is 23.6 Å². The van der Waals surface area contributed by atoms with Crippen molar-refractivity contribution in [2.24, 2.45) is 22.2 Å². The number of rotatable bonds is 28. The zero-order chi connectivity index (χ0) is 43.3. The van der Waals surface area contributed by atoms with Crippen LogP contribution in [0.1, 0.15) is 52.9 Å². The molecule has 25 heteroatoms. The third-order valence-electron chi connectivity index (χ3n) is 7.68. The van der Waals surface area contributed by atoms with Crippen molar-refractivity contribution in [2.75, 3.05) is 32.1 Å². The highest BCUT2D eigenvalue weighted by Gasteiger charge is 2.37. The molecule has 0 aliphatic carbocycles. The van der Waals surface area contributed by atoms with Crippen LogP contribution >= 0.6 is 21.6 Å². The molecule has 0 unspecified atom stereocenters.